The maximum Gasteiger partial charge on any atom is 0.406 e. The first-order chi connectivity index (χ1) is 10.7. The van der Waals surface area contributed by atoms with Crippen molar-refractivity contribution in [2.45, 2.75) is 58.0 Å². The van der Waals surface area contributed by atoms with Crippen LogP contribution in [-0.2, 0) is 9.59 Å². The predicted molar refractivity (Wildman–Crippen MR) is 77.7 cm³/mol. The lowest BCUT2D eigenvalue weighted by Crippen LogP contribution is -2.48. The van der Waals surface area contributed by atoms with Crippen LogP contribution in [0.1, 0.15) is 51.9 Å². The van der Waals surface area contributed by atoms with Gasteiger partial charge in [-0.25, -0.2) is 0 Å². The molecule has 2 unspecified atom stereocenters. The van der Waals surface area contributed by atoms with E-state index in [0.717, 1.165) is 30.6 Å². The van der Waals surface area contributed by atoms with Gasteiger partial charge in [0.2, 0.25) is 5.91 Å². The first-order valence-corrected chi connectivity index (χ1v) is 8.30. The number of hydrogen-bond donors (Lipinski definition) is 1. The molecule has 0 aromatic carbocycles. The van der Waals surface area contributed by atoms with Gasteiger partial charge in [0, 0.05) is 19.0 Å². The Morgan fingerprint density at radius 1 is 1.30 bits per heavy atom. The number of hydrogen-bond acceptors (Lipinski definition) is 2. The first kappa shape index (κ1) is 18.1. The van der Waals surface area contributed by atoms with Gasteiger partial charge in [-0.2, -0.15) is 13.2 Å². The van der Waals surface area contributed by atoms with E-state index in [0.29, 0.717) is 18.8 Å². The summed E-state index contributed by atoms with van der Waals surface area (Å²) in [5, 5.41) is 9.07. The summed E-state index contributed by atoms with van der Waals surface area (Å²) in [4.78, 5) is 24.9. The Hall–Kier alpha value is -1.27. The van der Waals surface area contributed by atoms with Gasteiger partial charge < -0.3 is 10.0 Å². The van der Waals surface area contributed by atoms with Crippen LogP contribution in [0.4, 0.5) is 13.2 Å². The summed E-state index contributed by atoms with van der Waals surface area (Å²) in [7, 11) is 0. The number of alkyl halides is 3. The van der Waals surface area contributed by atoms with E-state index in [1.807, 2.05) is 6.92 Å². The topological polar surface area (TPSA) is 57.6 Å². The molecule has 1 amide bonds. The zero-order valence-electron chi connectivity index (χ0n) is 13.4. The Bertz CT molecular complexity index is 460. The van der Waals surface area contributed by atoms with Gasteiger partial charge in [-0.1, -0.05) is 32.6 Å². The Morgan fingerprint density at radius 2 is 1.91 bits per heavy atom. The Morgan fingerprint density at radius 3 is 2.35 bits per heavy atom. The zero-order valence-corrected chi connectivity index (χ0v) is 13.4. The highest BCUT2D eigenvalue weighted by molar-refractivity contribution is 5.82. The van der Waals surface area contributed by atoms with Crippen LogP contribution >= 0.6 is 0 Å². The number of likely N-dealkylation sites (tertiary alicyclic amines) is 1. The third kappa shape index (κ3) is 3.48. The molecule has 2 fully saturated rings. The van der Waals surface area contributed by atoms with E-state index in [2.05, 4.69) is 0 Å². The zero-order chi connectivity index (χ0) is 17.3. The van der Waals surface area contributed by atoms with Crippen molar-refractivity contribution in [3.8, 4) is 0 Å². The van der Waals surface area contributed by atoms with Crippen LogP contribution in [0.5, 0.6) is 0 Å². The van der Waals surface area contributed by atoms with Gasteiger partial charge in [0.25, 0.3) is 0 Å². The molecule has 132 valence electrons. The maximum absolute atomic E-state index is 13.2. The van der Waals surface area contributed by atoms with E-state index in [1.165, 1.54) is 0 Å². The van der Waals surface area contributed by atoms with E-state index < -0.39 is 30.5 Å². The first-order valence-electron chi connectivity index (χ1n) is 8.30. The smallest absolute Gasteiger partial charge is 0.406 e. The van der Waals surface area contributed by atoms with Crippen molar-refractivity contribution >= 4 is 11.9 Å². The largest absolute Gasteiger partial charge is 0.481 e. The quantitative estimate of drug-likeness (QED) is 0.837. The van der Waals surface area contributed by atoms with E-state index >= 15 is 0 Å². The van der Waals surface area contributed by atoms with Crippen molar-refractivity contribution in [3.63, 3.8) is 0 Å². The van der Waals surface area contributed by atoms with Crippen LogP contribution in [0.25, 0.3) is 0 Å². The number of amides is 1. The average molecular weight is 335 g/mol. The third-order valence-electron chi connectivity index (χ3n) is 5.47. The molecule has 2 atom stereocenters. The summed E-state index contributed by atoms with van der Waals surface area (Å²) in [5.74, 6) is -2.02. The fourth-order valence-electron chi connectivity index (χ4n) is 3.87. The average Bonchev–Trinajstić information content (AvgIpc) is 3.13. The molecule has 7 heteroatoms. The number of halogens is 3. The lowest BCUT2D eigenvalue weighted by molar-refractivity contribution is -0.227. The van der Waals surface area contributed by atoms with E-state index in [-0.39, 0.29) is 18.4 Å². The van der Waals surface area contributed by atoms with Crippen LogP contribution in [0.3, 0.4) is 0 Å². The second-order valence-electron chi connectivity index (χ2n) is 6.89. The third-order valence-corrected chi connectivity index (χ3v) is 5.47. The van der Waals surface area contributed by atoms with Crippen LogP contribution in [0, 0.1) is 17.3 Å². The molecule has 1 N–H and O–H groups in total. The summed E-state index contributed by atoms with van der Waals surface area (Å²) in [6.07, 6.45) is 0.329. The van der Waals surface area contributed by atoms with Gasteiger partial charge in [-0.15, -0.1) is 0 Å². The summed E-state index contributed by atoms with van der Waals surface area (Å²) in [5.41, 5.74) is -2.81. The van der Waals surface area contributed by atoms with E-state index in [4.69, 9.17) is 5.11 Å². The molecule has 4 nitrogen and oxygen atoms in total. The number of carbonyl (C=O) groups is 2. The highest BCUT2D eigenvalue weighted by atomic mass is 19.4. The molecule has 0 radical (unpaired) electrons. The lowest BCUT2D eigenvalue weighted by Gasteiger charge is -2.29. The van der Waals surface area contributed by atoms with Crippen LogP contribution in [0.15, 0.2) is 0 Å². The van der Waals surface area contributed by atoms with Gasteiger partial charge >= 0.3 is 12.1 Å². The normalized spacial score (nSPS) is 27.4. The number of carbonyl (C=O) groups excluding carboxylic acids is 1. The second kappa shape index (κ2) is 6.69. The molecule has 2 rings (SSSR count). The van der Waals surface area contributed by atoms with Crippen molar-refractivity contribution < 1.29 is 27.9 Å². The van der Waals surface area contributed by atoms with Crippen LogP contribution in [-0.4, -0.2) is 41.1 Å². The number of carboxylic acid groups (broad SMARTS) is 1. The molecule has 1 heterocycles. The van der Waals surface area contributed by atoms with Crippen molar-refractivity contribution in [2.75, 3.05) is 13.1 Å². The molecule has 1 saturated heterocycles. The number of aliphatic carboxylic acids is 1. The molecule has 23 heavy (non-hydrogen) atoms. The maximum atomic E-state index is 13.2. The van der Waals surface area contributed by atoms with E-state index in [1.54, 1.807) is 0 Å². The molecule has 0 aromatic heterocycles. The minimum absolute atomic E-state index is 0.133. The highest BCUT2D eigenvalue weighted by Gasteiger charge is 2.64. The Kier molecular flexibility index (Phi) is 5.26. The fraction of sp³-hybridized carbons (Fsp3) is 0.875. The molecule has 0 bridgehead atoms. The van der Waals surface area contributed by atoms with Gasteiger partial charge in [0.1, 0.15) is 0 Å². The lowest BCUT2D eigenvalue weighted by atomic mass is 9.86. The van der Waals surface area contributed by atoms with Gasteiger partial charge in [-0.05, 0) is 25.2 Å². The van der Waals surface area contributed by atoms with Gasteiger partial charge in [-0.3, -0.25) is 9.59 Å². The van der Waals surface area contributed by atoms with Gasteiger partial charge in [0.15, 0.2) is 5.41 Å². The number of nitrogens with zero attached hydrogens (tertiary/aromatic N) is 1. The standard InChI is InChI=1S/C16H24F3NO3/c1-2-12(9-11-5-3-4-6-11)13(21)20-8-7-15(10-20,14(22)23)16(17,18)19/h11-12H,2-10H2,1H3,(H,22,23). The molecular weight excluding hydrogens is 311 g/mol. The fourth-order valence-corrected chi connectivity index (χ4v) is 3.87. The molecule has 1 aliphatic heterocycles. The highest BCUT2D eigenvalue weighted by Crippen LogP contribution is 2.46. The molecule has 0 spiro atoms. The minimum Gasteiger partial charge on any atom is -0.481 e. The summed E-state index contributed by atoms with van der Waals surface area (Å²) in [6.45, 7) is 0.972. The summed E-state index contributed by atoms with van der Waals surface area (Å²) in [6, 6.07) is 0. The molecule has 1 aliphatic carbocycles. The Balaban J connectivity index is 2.06. The minimum atomic E-state index is -4.85. The summed E-state index contributed by atoms with van der Waals surface area (Å²) < 4.78 is 39.6. The number of carboxylic acids is 1. The van der Waals surface area contributed by atoms with Crippen LogP contribution in [0.2, 0.25) is 0 Å². The molecule has 0 aromatic rings. The SMILES string of the molecule is CCC(CC1CCCC1)C(=O)N1CCC(C(=O)O)(C(F)(F)F)C1. The summed E-state index contributed by atoms with van der Waals surface area (Å²) >= 11 is 0. The molecule has 2 aliphatic rings. The van der Waals surface area contributed by atoms with Crippen molar-refractivity contribution in [1.29, 1.82) is 0 Å². The van der Waals surface area contributed by atoms with E-state index in [9.17, 15) is 22.8 Å². The molecule has 1 saturated carbocycles. The van der Waals surface area contributed by atoms with Crippen molar-refractivity contribution in [1.82, 2.24) is 4.90 Å². The van der Waals surface area contributed by atoms with Crippen molar-refractivity contribution in [3.05, 3.63) is 0 Å². The van der Waals surface area contributed by atoms with Crippen molar-refractivity contribution in [2.24, 2.45) is 17.3 Å². The van der Waals surface area contributed by atoms with Crippen LogP contribution < -0.4 is 0 Å². The number of rotatable bonds is 5. The van der Waals surface area contributed by atoms with Gasteiger partial charge in [0.05, 0.1) is 0 Å². The molecular formula is C16H24F3NO3. The second-order valence-corrected chi connectivity index (χ2v) is 6.89. The monoisotopic (exact) mass is 335 g/mol. The Labute approximate surface area is 134 Å². The predicted octanol–water partition coefficient (Wildman–Crippen LogP) is 3.46.